The highest BCUT2D eigenvalue weighted by atomic mass is 32.2. The van der Waals surface area contributed by atoms with Crippen LogP contribution in [0.1, 0.15) is 5.56 Å². The summed E-state index contributed by atoms with van der Waals surface area (Å²) in [6.45, 7) is 0. The van der Waals surface area contributed by atoms with Crippen LogP contribution in [0, 0.1) is 11.6 Å². The first-order valence-corrected chi connectivity index (χ1v) is 7.14. The number of tetrazole rings is 1. The second-order valence-corrected chi connectivity index (χ2v) is 5.15. The summed E-state index contributed by atoms with van der Waals surface area (Å²) in [4.78, 5) is 0. The molecule has 1 aromatic heterocycles. The maximum absolute atomic E-state index is 13.8. The SMILES string of the molecule is Fc1ccccc1CSc1nnnn1-c1ccccc1F. The molecule has 0 bridgehead atoms. The van der Waals surface area contributed by atoms with Crippen LogP contribution in [0.5, 0.6) is 0 Å². The van der Waals surface area contributed by atoms with Crippen LogP contribution in [0.3, 0.4) is 0 Å². The lowest BCUT2D eigenvalue weighted by molar-refractivity contribution is 0.599. The van der Waals surface area contributed by atoms with Crippen LogP contribution in [-0.4, -0.2) is 20.2 Å². The van der Waals surface area contributed by atoms with E-state index < -0.39 is 5.82 Å². The largest absolute Gasteiger partial charge is 0.214 e. The molecular formula is C14H10F2N4S. The molecule has 21 heavy (non-hydrogen) atoms. The van der Waals surface area contributed by atoms with E-state index in [1.807, 2.05) is 0 Å². The van der Waals surface area contributed by atoms with Crippen LogP contribution < -0.4 is 0 Å². The van der Waals surface area contributed by atoms with Crippen molar-refractivity contribution in [1.82, 2.24) is 20.2 Å². The van der Waals surface area contributed by atoms with Crippen molar-refractivity contribution in [2.45, 2.75) is 10.9 Å². The number of halogens is 2. The summed E-state index contributed by atoms with van der Waals surface area (Å²) in [5.41, 5.74) is 0.809. The third-order valence-corrected chi connectivity index (χ3v) is 3.80. The summed E-state index contributed by atoms with van der Waals surface area (Å²) in [5, 5.41) is 11.6. The van der Waals surface area contributed by atoms with Crippen LogP contribution in [0.15, 0.2) is 53.7 Å². The minimum Gasteiger partial charge on any atom is -0.207 e. The lowest BCUT2D eigenvalue weighted by Gasteiger charge is -2.05. The molecule has 0 aliphatic carbocycles. The second-order valence-electron chi connectivity index (χ2n) is 4.20. The summed E-state index contributed by atoms with van der Waals surface area (Å²) in [5.74, 6) is -0.339. The van der Waals surface area contributed by atoms with Gasteiger partial charge in [0.25, 0.3) is 0 Å². The monoisotopic (exact) mass is 304 g/mol. The van der Waals surface area contributed by atoms with E-state index in [1.165, 1.54) is 28.6 Å². The van der Waals surface area contributed by atoms with Gasteiger partial charge in [0, 0.05) is 5.75 Å². The van der Waals surface area contributed by atoms with Gasteiger partial charge < -0.3 is 0 Å². The van der Waals surface area contributed by atoms with E-state index in [0.29, 0.717) is 16.5 Å². The van der Waals surface area contributed by atoms with Gasteiger partial charge in [0.05, 0.1) is 0 Å². The maximum atomic E-state index is 13.8. The third-order valence-electron chi connectivity index (χ3n) is 2.84. The summed E-state index contributed by atoms with van der Waals surface area (Å²) in [7, 11) is 0. The number of hydrogen-bond donors (Lipinski definition) is 0. The van der Waals surface area contributed by atoms with Crippen molar-refractivity contribution in [3.8, 4) is 5.69 Å². The van der Waals surface area contributed by atoms with Crippen molar-refractivity contribution in [1.29, 1.82) is 0 Å². The first-order valence-electron chi connectivity index (χ1n) is 6.15. The zero-order valence-electron chi connectivity index (χ0n) is 10.8. The molecule has 0 fully saturated rings. The Balaban J connectivity index is 1.84. The van der Waals surface area contributed by atoms with Crippen molar-refractivity contribution >= 4 is 11.8 Å². The summed E-state index contributed by atoms with van der Waals surface area (Å²) in [6.07, 6.45) is 0. The Hall–Kier alpha value is -2.28. The van der Waals surface area contributed by atoms with Gasteiger partial charge in [-0.15, -0.1) is 5.10 Å². The van der Waals surface area contributed by atoms with E-state index in [-0.39, 0.29) is 11.5 Å². The van der Waals surface area contributed by atoms with E-state index in [2.05, 4.69) is 15.5 Å². The molecule has 7 heteroatoms. The van der Waals surface area contributed by atoms with Gasteiger partial charge in [-0.3, -0.25) is 0 Å². The van der Waals surface area contributed by atoms with Gasteiger partial charge in [-0.25, -0.2) is 8.78 Å². The van der Waals surface area contributed by atoms with E-state index in [1.54, 1.807) is 36.4 Å². The Morgan fingerprint density at radius 1 is 0.952 bits per heavy atom. The molecule has 1 heterocycles. The Kier molecular flexibility index (Phi) is 3.92. The first-order chi connectivity index (χ1) is 10.3. The average molecular weight is 304 g/mol. The van der Waals surface area contributed by atoms with E-state index in [0.717, 1.165) is 0 Å². The lowest BCUT2D eigenvalue weighted by Crippen LogP contribution is -2.02. The zero-order chi connectivity index (χ0) is 14.7. The Morgan fingerprint density at radius 2 is 1.67 bits per heavy atom. The minimum absolute atomic E-state index is 0.263. The van der Waals surface area contributed by atoms with Gasteiger partial charge in [0.15, 0.2) is 0 Å². The van der Waals surface area contributed by atoms with Gasteiger partial charge in [-0.05, 0) is 34.2 Å². The van der Waals surface area contributed by atoms with Gasteiger partial charge in [0.2, 0.25) is 5.16 Å². The highest BCUT2D eigenvalue weighted by Gasteiger charge is 2.13. The molecule has 0 spiro atoms. The summed E-state index contributed by atoms with van der Waals surface area (Å²) in [6, 6.07) is 12.7. The lowest BCUT2D eigenvalue weighted by atomic mass is 10.2. The van der Waals surface area contributed by atoms with Crippen molar-refractivity contribution in [3.63, 3.8) is 0 Å². The molecule has 0 saturated carbocycles. The van der Waals surface area contributed by atoms with Gasteiger partial charge in [0.1, 0.15) is 17.3 Å². The Labute approximate surface area is 123 Å². The number of aromatic nitrogens is 4. The number of hydrogen-bond acceptors (Lipinski definition) is 4. The fourth-order valence-electron chi connectivity index (χ4n) is 1.80. The zero-order valence-corrected chi connectivity index (χ0v) is 11.6. The molecule has 0 amide bonds. The van der Waals surface area contributed by atoms with Crippen LogP contribution >= 0.6 is 11.8 Å². The molecule has 0 radical (unpaired) electrons. The van der Waals surface area contributed by atoms with Crippen molar-refractivity contribution in [2.75, 3.05) is 0 Å². The molecule has 3 aromatic rings. The highest BCUT2D eigenvalue weighted by Crippen LogP contribution is 2.24. The molecule has 0 atom stereocenters. The van der Waals surface area contributed by atoms with Gasteiger partial charge in [-0.1, -0.05) is 42.1 Å². The molecule has 3 rings (SSSR count). The number of thioether (sulfide) groups is 1. The Bertz CT molecular complexity index is 760. The van der Waals surface area contributed by atoms with E-state index in [4.69, 9.17) is 0 Å². The molecule has 4 nitrogen and oxygen atoms in total. The van der Waals surface area contributed by atoms with Crippen LogP contribution in [0.4, 0.5) is 8.78 Å². The predicted octanol–water partition coefficient (Wildman–Crippen LogP) is 3.23. The van der Waals surface area contributed by atoms with Gasteiger partial charge >= 0.3 is 0 Å². The standard InChI is InChI=1S/C14H10F2N4S/c15-11-6-2-1-5-10(11)9-21-14-17-18-19-20(14)13-8-4-3-7-12(13)16/h1-8H,9H2. The summed E-state index contributed by atoms with van der Waals surface area (Å²) < 4.78 is 28.7. The second kappa shape index (κ2) is 6.01. The van der Waals surface area contributed by atoms with Crippen LogP contribution in [0.25, 0.3) is 5.69 Å². The fraction of sp³-hybridized carbons (Fsp3) is 0.0714. The predicted molar refractivity (Wildman–Crippen MR) is 75.1 cm³/mol. The maximum Gasteiger partial charge on any atom is 0.214 e. The van der Waals surface area contributed by atoms with Crippen molar-refractivity contribution in [2.24, 2.45) is 0 Å². The average Bonchev–Trinajstić information content (AvgIpc) is 2.95. The first kappa shape index (κ1) is 13.7. The molecule has 0 unspecified atom stereocenters. The number of para-hydroxylation sites is 1. The molecule has 0 aliphatic rings. The quantitative estimate of drug-likeness (QED) is 0.694. The molecule has 0 saturated heterocycles. The smallest absolute Gasteiger partial charge is 0.207 e. The Morgan fingerprint density at radius 3 is 2.43 bits per heavy atom. The van der Waals surface area contributed by atoms with Crippen molar-refractivity contribution in [3.05, 3.63) is 65.7 Å². The molecule has 106 valence electrons. The van der Waals surface area contributed by atoms with Gasteiger partial charge in [-0.2, -0.15) is 4.68 Å². The number of nitrogens with zero attached hydrogens (tertiary/aromatic N) is 4. The molecule has 0 N–H and O–H groups in total. The minimum atomic E-state index is -0.419. The topological polar surface area (TPSA) is 43.6 Å². The van der Waals surface area contributed by atoms with Crippen LogP contribution in [0.2, 0.25) is 0 Å². The third kappa shape index (κ3) is 2.92. The highest BCUT2D eigenvalue weighted by molar-refractivity contribution is 7.98. The molecule has 0 aliphatic heterocycles. The van der Waals surface area contributed by atoms with Crippen molar-refractivity contribution < 1.29 is 8.78 Å². The molecular weight excluding hydrogens is 294 g/mol. The fourth-order valence-corrected chi connectivity index (χ4v) is 2.67. The number of benzene rings is 2. The summed E-state index contributed by atoms with van der Waals surface area (Å²) >= 11 is 1.24. The number of rotatable bonds is 4. The van der Waals surface area contributed by atoms with E-state index in [9.17, 15) is 8.78 Å². The van der Waals surface area contributed by atoms with E-state index >= 15 is 0 Å². The normalized spacial score (nSPS) is 10.8. The molecule has 2 aromatic carbocycles. The van der Waals surface area contributed by atoms with Crippen LogP contribution in [-0.2, 0) is 5.75 Å².